The Balaban J connectivity index is 4.19. The number of carbonyl (C=O) groups excluding carboxylic acids is 2. The number of carbonyl (C=O) groups is 3. The zero-order chi connectivity index (χ0) is 11.8. The monoisotopic (exact) mass is 216 g/mol. The fraction of sp³-hybridized carbons (Fsp3) is 0.500. The standard InChI is InChI=1S/C8H14N3O4/c1-10-4-11-7(13)5(8(14)15)2-3-6(9)12/h4-5,10H,2-3H2,1H3,(H2,9,12)(H,11,13)(H,14,15). The maximum absolute atomic E-state index is 11.2. The summed E-state index contributed by atoms with van der Waals surface area (Å²) < 4.78 is 0. The Morgan fingerprint density at radius 1 is 1.47 bits per heavy atom. The van der Waals surface area contributed by atoms with Gasteiger partial charge in [-0.15, -0.1) is 0 Å². The first kappa shape index (κ1) is 13.4. The number of hydrogen-bond donors (Lipinski definition) is 4. The fourth-order valence-electron chi connectivity index (χ4n) is 0.897. The van der Waals surface area contributed by atoms with Gasteiger partial charge in [0.25, 0.3) is 0 Å². The van der Waals surface area contributed by atoms with E-state index in [4.69, 9.17) is 10.8 Å². The van der Waals surface area contributed by atoms with Gasteiger partial charge in [-0.2, -0.15) is 0 Å². The highest BCUT2D eigenvalue weighted by atomic mass is 16.4. The van der Waals surface area contributed by atoms with Crippen molar-refractivity contribution in [3.63, 3.8) is 0 Å². The number of hydrogen-bond acceptors (Lipinski definition) is 4. The lowest BCUT2D eigenvalue weighted by atomic mass is 10.0. The van der Waals surface area contributed by atoms with Crippen LogP contribution in [0.4, 0.5) is 0 Å². The maximum Gasteiger partial charge on any atom is 0.316 e. The number of aliphatic carboxylic acids is 1. The Kier molecular flexibility index (Phi) is 6.03. The minimum atomic E-state index is -1.28. The number of nitrogens with one attached hydrogen (secondary N) is 2. The Labute approximate surface area is 87.0 Å². The highest BCUT2D eigenvalue weighted by Crippen LogP contribution is 2.06. The lowest BCUT2D eigenvalue weighted by molar-refractivity contribution is -0.147. The molecule has 0 bridgehead atoms. The Hall–Kier alpha value is -1.63. The molecule has 0 fully saturated rings. The van der Waals surface area contributed by atoms with Gasteiger partial charge < -0.3 is 16.2 Å². The van der Waals surface area contributed by atoms with E-state index >= 15 is 0 Å². The van der Waals surface area contributed by atoms with Gasteiger partial charge in [-0.3, -0.25) is 19.7 Å². The van der Waals surface area contributed by atoms with Crippen LogP contribution in [0, 0.1) is 12.6 Å². The molecule has 0 saturated heterocycles. The van der Waals surface area contributed by atoms with Crippen LogP contribution in [0.1, 0.15) is 12.8 Å². The highest BCUT2D eigenvalue weighted by molar-refractivity contribution is 5.97. The van der Waals surface area contributed by atoms with Crippen LogP contribution in [-0.2, 0) is 14.4 Å². The average molecular weight is 216 g/mol. The van der Waals surface area contributed by atoms with Crippen molar-refractivity contribution < 1.29 is 19.5 Å². The summed E-state index contributed by atoms with van der Waals surface area (Å²) in [5.74, 6) is -3.86. The van der Waals surface area contributed by atoms with Crippen molar-refractivity contribution in [3.8, 4) is 0 Å². The molecule has 0 aromatic heterocycles. The van der Waals surface area contributed by atoms with E-state index in [-0.39, 0.29) is 12.8 Å². The fourth-order valence-corrected chi connectivity index (χ4v) is 0.897. The molecule has 0 aromatic carbocycles. The molecule has 2 amide bonds. The third kappa shape index (κ3) is 5.63. The minimum absolute atomic E-state index is 0.103. The first-order valence-corrected chi connectivity index (χ1v) is 4.29. The van der Waals surface area contributed by atoms with Gasteiger partial charge in [-0.05, 0) is 13.5 Å². The average Bonchev–Trinajstić information content (AvgIpc) is 2.13. The molecule has 7 heteroatoms. The largest absolute Gasteiger partial charge is 0.481 e. The van der Waals surface area contributed by atoms with Crippen molar-refractivity contribution in [2.24, 2.45) is 11.7 Å². The van der Waals surface area contributed by atoms with Gasteiger partial charge in [0.15, 0.2) is 0 Å². The zero-order valence-corrected chi connectivity index (χ0v) is 8.32. The number of amides is 2. The van der Waals surface area contributed by atoms with Crippen molar-refractivity contribution in [1.29, 1.82) is 0 Å². The molecule has 1 atom stereocenters. The number of carboxylic acid groups (broad SMARTS) is 1. The van der Waals surface area contributed by atoms with Crippen molar-refractivity contribution in [2.75, 3.05) is 7.05 Å². The molecule has 0 aliphatic rings. The van der Waals surface area contributed by atoms with Crippen molar-refractivity contribution in [1.82, 2.24) is 10.6 Å². The smallest absolute Gasteiger partial charge is 0.316 e. The van der Waals surface area contributed by atoms with Crippen LogP contribution in [0.2, 0.25) is 0 Å². The molecule has 0 heterocycles. The molecule has 0 aliphatic heterocycles. The van der Waals surface area contributed by atoms with Gasteiger partial charge in [-0.1, -0.05) is 0 Å². The quantitative estimate of drug-likeness (QED) is 0.382. The molecule has 85 valence electrons. The molecule has 0 aliphatic carbocycles. The molecule has 1 unspecified atom stereocenters. The third-order valence-corrected chi connectivity index (χ3v) is 1.65. The van der Waals surface area contributed by atoms with E-state index in [1.54, 1.807) is 7.05 Å². The van der Waals surface area contributed by atoms with Crippen LogP contribution >= 0.6 is 0 Å². The predicted octanol–water partition coefficient (Wildman–Crippen LogP) is -1.59. The van der Waals surface area contributed by atoms with E-state index in [0.717, 1.165) is 0 Å². The molecule has 0 saturated carbocycles. The maximum atomic E-state index is 11.2. The molecular weight excluding hydrogens is 202 g/mol. The lowest BCUT2D eigenvalue weighted by Gasteiger charge is -2.10. The first-order chi connectivity index (χ1) is 6.99. The van der Waals surface area contributed by atoms with Gasteiger partial charge in [-0.25, -0.2) is 0 Å². The van der Waals surface area contributed by atoms with E-state index in [0.29, 0.717) is 0 Å². The Bertz CT molecular complexity index is 254. The normalized spacial score (nSPS) is 11.8. The second kappa shape index (κ2) is 6.77. The van der Waals surface area contributed by atoms with Crippen LogP contribution in [0.15, 0.2) is 0 Å². The van der Waals surface area contributed by atoms with Gasteiger partial charge >= 0.3 is 5.97 Å². The predicted molar refractivity (Wildman–Crippen MR) is 51.1 cm³/mol. The molecule has 1 radical (unpaired) electrons. The molecule has 5 N–H and O–H groups in total. The van der Waals surface area contributed by atoms with Crippen LogP contribution in [-0.4, -0.2) is 29.9 Å². The first-order valence-electron chi connectivity index (χ1n) is 4.29. The summed E-state index contributed by atoms with van der Waals surface area (Å²) in [6.45, 7) is 1.21. The van der Waals surface area contributed by atoms with Crippen molar-refractivity contribution in [2.45, 2.75) is 12.8 Å². The summed E-state index contributed by atoms with van der Waals surface area (Å²) in [5.41, 5.74) is 4.86. The van der Waals surface area contributed by atoms with Crippen molar-refractivity contribution >= 4 is 17.8 Å². The molecule has 15 heavy (non-hydrogen) atoms. The number of primary amides is 1. The van der Waals surface area contributed by atoms with E-state index < -0.39 is 23.7 Å². The molecule has 0 rings (SSSR count). The molecule has 0 aromatic rings. The summed E-state index contributed by atoms with van der Waals surface area (Å²) >= 11 is 0. The van der Waals surface area contributed by atoms with Gasteiger partial charge in [0.2, 0.25) is 11.8 Å². The van der Waals surface area contributed by atoms with E-state index in [9.17, 15) is 14.4 Å². The van der Waals surface area contributed by atoms with E-state index in [1.807, 2.05) is 0 Å². The molecule has 7 nitrogen and oxygen atoms in total. The van der Waals surface area contributed by atoms with Crippen molar-refractivity contribution in [3.05, 3.63) is 6.67 Å². The van der Waals surface area contributed by atoms with Gasteiger partial charge in [0.05, 0.1) is 0 Å². The van der Waals surface area contributed by atoms with Crippen LogP contribution in [0.25, 0.3) is 0 Å². The van der Waals surface area contributed by atoms with Crippen LogP contribution in [0.5, 0.6) is 0 Å². The summed E-state index contributed by atoms with van der Waals surface area (Å²) in [6.07, 6.45) is -0.238. The highest BCUT2D eigenvalue weighted by Gasteiger charge is 2.25. The van der Waals surface area contributed by atoms with E-state index in [2.05, 4.69) is 10.6 Å². The molecule has 0 spiro atoms. The number of nitrogens with two attached hydrogens (primary N) is 1. The Morgan fingerprint density at radius 2 is 2.07 bits per heavy atom. The Morgan fingerprint density at radius 3 is 2.47 bits per heavy atom. The second-order valence-electron chi connectivity index (χ2n) is 2.84. The third-order valence-electron chi connectivity index (χ3n) is 1.65. The summed E-state index contributed by atoms with van der Waals surface area (Å²) in [5, 5.41) is 13.5. The zero-order valence-electron chi connectivity index (χ0n) is 8.32. The van der Waals surface area contributed by atoms with Gasteiger partial charge in [0, 0.05) is 6.42 Å². The summed E-state index contributed by atoms with van der Waals surface area (Å²) in [4.78, 5) is 32.4. The number of rotatable bonds is 7. The van der Waals surface area contributed by atoms with E-state index in [1.165, 1.54) is 6.67 Å². The van der Waals surface area contributed by atoms with Gasteiger partial charge in [0.1, 0.15) is 12.6 Å². The topological polar surface area (TPSA) is 122 Å². The minimum Gasteiger partial charge on any atom is -0.481 e. The SMILES string of the molecule is CN[CH]NC(=O)C(CCC(N)=O)C(=O)O. The lowest BCUT2D eigenvalue weighted by Crippen LogP contribution is -2.37. The summed E-state index contributed by atoms with van der Waals surface area (Å²) in [6, 6.07) is 0. The summed E-state index contributed by atoms with van der Waals surface area (Å²) in [7, 11) is 1.56. The van der Waals surface area contributed by atoms with Crippen LogP contribution < -0.4 is 16.4 Å². The second-order valence-corrected chi connectivity index (χ2v) is 2.84. The van der Waals surface area contributed by atoms with Crippen LogP contribution in [0.3, 0.4) is 0 Å². The molecular formula is C8H14N3O4. The number of carboxylic acids is 1.